The van der Waals surface area contributed by atoms with E-state index in [9.17, 15) is 0 Å². The van der Waals surface area contributed by atoms with Crippen LogP contribution in [0.4, 0.5) is 5.69 Å². The van der Waals surface area contributed by atoms with Gasteiger partial charge in [-0.1, -0.05) is 43.2 Å². The van der Waals surface area contributed by atoms with Gasteiger partial charge in [0.1, 0.15) is 0 Å². The second-order valence-electron chi connectivity index (χ2n) is 7.12. The lowest BCUT2D eigenvalue weighted by Gasteiger charge is -2.32. The quantitative estimate of drug-likeness (QED) is 0.662. The van der Waals surface area contributed by atoms with Crippen LogP contribution in [-0.4, -0.2) is 24.9 Å². The first-order valence-electron chi connectivity index (χ1n) is 9.49. The molecule has 0 aliphatic heterocycles. The van der Waals surface area contributed by atoms with Crippen LogP contribution in [0.15, 0.2) is 48.5 Å². The molecule has 2 aromatic carbocycles. The lowest BCUT2D eigenvalue weighted by molar-refractivity contribution is 0.355. The molecule has 0 spiro atoms. The molecule has 1 saturated carbocycles. The van der Waals surface area contributed by atoms with Gasteiger partial charge < -0.3 is 20.1 Å². The van der Waals surface area contributed by atoms with E-state index in [1.54, 1.807) is 14.2 Å². The molecule has 3 rings (SSSR count). The predicted molar refractivity (Wildman–Crippen MR) is 115 cm³/mol. The number of methoxy groups -OCH3 is 2. The van der Waals surface area contributed by atoms with E-state index in [-0.39, 0.29) is 5.54 Å². The largest absolute Gasteiger partial charge is 0.493 e. The monoisotopic (exact) mass is 384 g/mol. The number of aryl methyl sites for hydroxylation is 1. The van der Waals surface area contributed by atoms with Gasteiger partial charge in [0.2, 0.25) is 0 Å². The molecule has 0 atom stereocenters. The first kappa shape index (κ1) is 19.5. The number of ether oxygens (including phenoxy) is 2. The molecule has 0 amide bonds. The van der Waals surface area contributed by atoms with E-state index in [0.29, 0.717) is 16.6 Å². The van der Waals surface area contributed by atoms with Crippen molar-refractivity contribution >= 4 is 23.0 Å². The fraction of sp³-hybridized carbons (Fsp3) is 0.409. The van der Waals surface area contributed by atoms with Crippen LogP contribution in [0.1, 0.15) is 37.7 Å². The molecule has 1 aliphatic carbocycles. The van der Waals surface area contributed by atoms with Gasteiger partial charge in [0.15, 0.2) is 16.6 Å². The van der Waals surface area contributed by atoms with Crippen molar-refractivity contribution in [3.8, 4) is 11.5 Å². The average molecular weight is 385 g/mol. The highest BCUT2D eigenvalue weighted by Crippen LogP contribution is 2.34. The molecule has 144 valence electrons. The number of nitrogens with one attached hydrogen (secondary N) is 2. The Bertz CT molecular complexity index is 758. The van der Waals surface area contributed by atoms with E-state index in [1.807, 2.05) is 18.2 Å². The van der Waals surface area contributed by atoms with Crippen molar-refractivity contribution in [2.75, 3.05) is 19.5 Å². The number of rotatable bonds is 7. The Morgan fingerprint density at radius 3 is 2.37 bits per heavy atom. The topological polar surface area (TPSA) is 42.5 Å². The highest BCUT2D eigenvalue weighted by molar-refractivity contribution is 7.80. The fourth-order valence-electron chi connectivity index (χ4n) is 3.83. The maximum Gasteiger partial charge on any atom is 0.171 e. The van der Waals surface area contributed by atoms with Gasteiger partial charge in [0, 0.05) is 17.3 Å². The lowest BCUT2D eigenvalue weighted by atomic mass is 9.89. The van der Waals surface area contributed by atoms with Gasteiger partial charge in [-0.15, -0.1) is 0 Å². The summed E-state index contributed by atoms with van der Waals surface area (Å²) in [5, 5.41) is 7.59. The second kappa shape index (κ2) is 9.09. The number of benzene rings is 2. The molecule has 0 heterocycles. The Morgan fingerprint density at radius 2 is 1.70 bits per heavy atom. The molecule has 0 aromatic heterocycles. The first-order valence-corrected chi connectivity index (χ1v) is 9.90. The molecule has 2 aromatic rings. The van der Waals surface area contributed by atoms with Crippen LogP contribution < -0.4 is 20.1 Å². The number of hydrogen-bond acceptors (Lipinski definition) is 3. The highest BCUT2D eigenvalue weighted by Gasteiger charge is 2.34. The summed E-state index contributed by atoms with van der Waals surface area (Å²) in [6.07, 6.45) is 6.97. The fourth-order valence-corrected chi connectivity index (χ4v) is 4.17. The van der Waals surface area contributed by atoms with E-state index >= 15 is 0 Å². The third kappa shape index (κ3) is 5.13. The molecule has 1 fully saturated rings. The van der Waals surface area contributed by atoms with Crippen LogP contribution in [-0.2, 0) is 6.42 Å². The van der Waals surface area contributed by atoms with Gasteiger partial charge in [-0.3, -0.25) is 0 Å². The summed E-state index contributed by atoms with van der Waals surface area (Å²) in [5.41, 5.74) is 2.35. The van der Waals surface area contributed by atoms with Gasteiger partial charge in [-0.25, -0.2) is 0 Å². The first-order chi connectivity index (χ1) is 13.1. The molecule has 0 radical (unpaired) electrons. The molecule has 2 N–H and O–H groups in total. The van der Waals surface area contributed by atoms with Crippen LogP contribution in [0, 0.1) is 0 Å². The van der Waals surface area contributed by atoms with E-state index in [1.165, 1.54) is 18.4 Å². The smallest absolute Gasteiger partial charge is 0.171 e. The van der Waals surface area contributed by atoms with Gasteiger partial charge in [0.25, 0.3) is 0 Å². The van der Waals surface area contributed by atoms with Crippen LogP contribution >= 0.6 is 12.2 Å². The normalized spacial score (nSPS) is 15.2. The molecule has 1 aliphatic rings. The predicted octanol–water partition coefficient (Wildman–Crippen LogP) is 4.94. The summed E-state index contributed by atoms with van der Waals surface area (Å²) < 4.78 is 10.7. The van der Waals surface area contributed by atoms with Gasteiger partial charge in [-0.05, 0) is 55.6 Å². The summed E-state index contributed by atoms with van der Waals surface area (Å²) in [5.74, 6) is 1.39. The Labute approximate surface area is 167 Å². The summed E-state index contributed by atoms with van der Waals surface area (Å²) >= 11 is 5.62. The Morgan fingerprint density at radius 1 is 1.00 bits per heavy atom. The van der Waals surface area contributed by atoms with E-state index in [2.05, 4.69) is 41.0 Å². The molecular weight excluding hydrogens is 356 g/mol. The van der Waals surface area contributed by atoms with Gasteiger partial charge >= 0.3 is 0 Å². The molecular formula is C22H28N2O2S. The summed E-state index contributed by atoms with van der Waals surface area (Å²) in [6, 6.07) is 16.4. The minimum absolute atomic E-state index is 0.0798. The minimum Gasteiger partial charge on any atom is -0.493 e. The standard InChI is InChI=1S/C22H28N2O2S/c1-25-19-11-10-18(16-20(19)26-2)23-21(27)24-22(13-6-7-14-22)15-12-17-8-4-3-5-9-17/h3-5,8-11,16H,6-7,12-15H2,1-2H3,(H2,23,24,27). The van der Waals surface area contributed by atoms with E-state index in [0.717, 1.165) is 31.4 Å². The third-order valence-corrected chi connectivity index (χ3v) is 5.52. The highest BCUT2D eigenvalue weighted by atomic mass is 32.1. The van der Waals surface area contributed by atoms with Crippen LogP contribution in [0.5, 0.6) is 11.5 Å². The van der Waals surface area contributed by atoms with Gasteiger partial charge in [-0.2, -0.15) is 0 Å². The SMILES string of the molecule is COc1ccc(NC(=S)NC2(CCc3ccccc3)CCCC2)cc1OC. The molecule has 0 bridgehead atoms. The molecule has 5 heteroatoms. The van der Waals surface area contributed by atoms with Crippen LogP contribution in [0.25, 0.3) is 0 Å². The second-order valence-corrected chi connectivity index (χ2v) is 7.53. The zero-order valence-corrected chi connectivity index (χ0v) is 16.9. The zero-order chi connectivity index (χ0) is 19.1. The minimum atomic E-state index is 0.0798. The third-order valence-electron chi connectivity index (χ3n) is 5.32. The van der Waals surface area contributed by atoms with Crippen molar-refractivity contribution in [2.24, 2.45) is 0 Å². The summed E-state index contributed by atoms with van der Waals surface area (Å²) in [7, 11) is 3.27. The van der Waals surface area contributed by atoms with E-state index < -0.39 is 0 Å². The molecule has 27 heavy (non-hydrogen) atoms. The van der Waals surface area contributed by atoms with Crippen molar-refractivity contribution < 1.29 is 9.47 Å². The molecule has 0 unspecified atom stereocenters. The maximum atomic E-state index is 5.62. The van der Waals surface area contributed by atoms with E-state index in [4.69, 9.17) is 21.7 Å². The number of hydrogen-bond donors (Lipinski definition) is 2. The van der Waals surface area contributed by atoms with Crippen molar-refractivity contribution in [2.45, 2.75) is 44.1 Å². The summed E-state index contributed by atoms with van der Waals surface area (Å²) in [6.45, 7) is 0. The lowest BCUT2D eigenvalue weighted by Crippen LogP contribution is -2.48. The number of anilines is 1. The summed E-state index contributed by atoms with van der Waals surface area (Å²) in [4.78, 5) is 0. The van der Waals surface area contributed by atoms with Crippen molar-refractivity contribution in [1.29, 1.82) is 0 Å². The number of thiocarbonyl (C=S) groups is 1. The zero-order valence-electron chi connectivity index (χ0n) is 16.1. The maximum absolute atomic E-state index is 5.62. The molecule has 4 nitrogen and oxygen atoms in total. The Hall–Kier alpha value is -2.27. The van der Waals surface area contributed by atoms with Crippen molar-refractivity contribution in [3.05, 3.63) is 54.1 Å². The average Bonchev–Trinajstić information content (AvgIpc) is 3.15. The van der Waals surface area contributed by atoms with Gasteiger partial charge in [0.05, 0.1) is 14.2 Å². The Kier molecular flexibility index (Phi) is 6.56. The Balaban J connectivity index is 1.63. The van der Waals surface area contributed by atoms with Crippen molar-refractivity contribution in [1.82, 2.24) is 5.32 Å². The van der Waals surface area contributed by atoms with Crippen LogP contribution in [0.2, 0.25) is 0 Å². The molecule has 0 saturated heterocycles. The van der Waals surface area contributed by atoms with Crippen molar-refractivity contribution in [3.63, 3.8) is 0 Å². The van der Waals surface area contributed by atoms with Crippen LogP contribution in [0.3, 0.4) is 0 Å².